The van der Waals surface area contributed by atoms with E-state index in [4.69, 9.17) is 0 Å². The van der Waals surface area contributed by atoms with Gasteiger partial charge in [-0.15, -0.1) is 0 Å². The SMILES string of the molecule is CCCCCCCCN(Cc1ccc(F)cc1)c1ccccn1. The fourth-order valence-electron chi connectivity index (χ4n) is 2.71. The maximum absolute atomic E-state index is 13.1. The fourth-order valence-corrected chi connectivity index (χ4v) is 2.71. The third-order valence-corrected chi connectivity index (χ3v) is 4.04. The highest BCUT2D eigenvalue weighted by atomic mass is 19.1. The Balaban J connectivity index is 1.91. The number of halogens is 1. The van der Waals surface area contributed by atoms with Gasteiger partial charge in [-0.25, -0.2) is 9.37 Å². The van der Waals surface area contributed by atoms with E-state index in [1.54, 1.807) is 0 Å². The molecular weight excluding hydrogens is 287 g/mol. The molecule has 0 fully saturated rings. The summed E-state index contributed by atoms with van der Waals surface area (Å²) in [7, 11) is 0. The molecule has 23 heavy (non-hydrogen) atoms. The van der Waals surface area contributed by atoms with Gasteiger partial charge in [-0.1, -0.05) is 57.2 Å². The zero-order chi connectivity index (χ0) is 16.3. The first-order valence-corrected chi connectivity index (χ1v) is 8.70. The summed E-state index contributed by atoms with van der Waals surface area (Å²) in [5.74, 6) is 0.805. The van der Waals surface area contributed by atoms with Crippen LogP contribution >= 0.6 is 0 Å². The van der Waals surface area contributed by atoms with E-state index < -0.39 is 0 Å². The van der Waals surface area contributed by atoms with Gasteiger partial charge in [-0.3, -0.25) is 0 Å². The summed E-state index contributed by atoms with van der Waals surface area (Å²) in [6.07, 6.45) is 9.51. The van der Waals surface area contributed by atoms with Crippen molar-refractivity contribution < 1.29 is 4.39 Å². The van der Waals surface area contributed by atoms with Crippen molar-refractivity contribution in [2.24, 2.45) is 0 Å². The second-order valence-electron chi connectivity index (χ2n) is 6.00. The molecule has 0 aliphatic carbocycles. The van der Waals surface area contributed by atoms with Crippen LogP contribution in [0.3, 0.4) is 0 Å². The van der Waals surface area contributed by atoms with E-state index in [0.717, 1.165) is 24.5 Å². The van der Waals surface area contributed by atoms with Crippen LogP contribution in [0.4, 0.5) is 10.2 Å². The number of hydrogen-bond acceptors (Lipinski definition) is 2. The van der Waals surface area contributed by atoms with Gasteiger partial charge in [0.25, 0.3) is 0 Å². The van der Waals surface area contributed by atoms with E-state index in [0.29, 0.717) is 0 Å². The Labute approximate surface area is 139 Å². The van der Waals surface area contributed by atoms with Crippen LogP contribution in [0.1, 0.15) is 51.0 Å². The van der Waals surface area contributed by atoms with Crippen molar-refractivity contribution in [3.05, 3.63) is 60.0 Å². The molecule has 0 N–H and O–H groups in total. The molecule has 0 bridgehead atoms. The number of aromatic nitrogens is 1. The second-order valence-corrected chi connectivity index (χ2v) is 6.00. The minimum atomic E-state index is -0.186. The minimum Gasteiger partial charge on any atom is -0.352 e. The molecule has 124 valence electrons. The van der Waals surface area contributed by atoms with Crippen molar-refractivity contribution in [3.8, 4) is 0 Å². The quantitative estimate of drug-likeness (QED) is 0.532. The predicted octanol–water partition coefficient (Wildman–Crippen LogP) is 5.59. The Morgan fingerprint density at radius 2 is 1.65 bits per heavy atom. The summed E-state index contributed by atoms with van der Waals surface area (Å²) in [5.41, 5.74) is 1.11. The van der Waals surface area contributed by atoms with E-state index in [9.17, 15) is 4.39 Å². The Kier molecular flexibility index (Phi) is 7.58. The zero-order valence-electron chi connectivity index (χ0n) is 14.0. The molecule has 0 aliphatic heterocycles. The van der Waals surface area contributed by atoms with Crippen LogP contribution < -0.4 is 4.90 Å². The van der Waals surface area contributed by atoms with Crippen LogP contribution in [0, 0.1) is 5.82 Å². The van der Waals surface area contributed by atoms with E-state index in [1.807, 2.05) is 36.5 Å². The largest absolute Gasteiger partial charge is 0.352 e. The number of rotatable bonds is 10. The van der Waals surface area contributed by atoms with Gasteiger partial charge in [-0.2, -0.15) is 0 Å². The third kappa shape index (κ3) is 6.39. The van der Waals surface area contributed by atoms with Crippen LogP contribution in [-0.4, -0.2) is 11.5 Å². The highest BCUT2D eigenvalue weighted by Crippen LogP contribution is 2.16. The number of hydrogen-bond donors (Lipinski definition) is 0. The van der Waals surface area contributed by atoms with Crippen LogP contribution in [0.5, 0.6) is 0 Å². The van der Waals surface area contributed by atoms with Crippen LogP contribution in [0.15, 0.2) is 48.7 Å². The topological polar surface area (TPSA) is 16.1 Å². The van der Waals surface area contributed by atoms with Crippen molar-refractivity contribution in [2.45, 2.75) is 52.0 Å². The predicted molar refractivity (Wildman–Crippen MR) is 95.1 cm³/mol. The molecule has 0 saturated carbocycles. The van der Waals surface area contributed by atoms with Gasteiger partial charge < -0.3 is 4.90 Å². The Hall–Kier alpha value is -1.90. The Bertz CT molecular complexity index is 539. The lowest BCUT2D eigenvalue weighted by molar-refractivity contribution is 0.595. The van der Waals surface area contributed by atoms with Crippen LogP contribution in [0.2, 0.25) is 0 Å². The summed E-state index contributed by atoms with van der Waals surface area (Å²) in [4.78, 5) is 6.76. The number of benzene rings is 1. The molecule has 3 heteroatoms. The summed E-state index contributed by atoms with van der Waals surface area (Å²) in [6, 6.07) is 12.7. The lowest BCUT2D eigenvalue weighted by Crippen LogP contribution is -2.24. The van der Waals surface area contributed by atoms with Crippen LogP contribution in [-0.2, 0) is 6.54 Å². The zero-order valence-corrected chi connectivity index (χ0v) is 14.0. The molecule has 1 aromatic heterocycles. The first-order valence-electron chi connectivity index (χ1n) is 8.70. The lowest BCUT2D eigenvalue weighted by Gasteiger charge is -2.24. The maximum atomic E-state index is 13.1. The van der Waals surface area contributed by atoms with Crippen molar-refractivity contribution in [2.75, 3.05) is 11.4 Å². The van der Waals surface area contributed by atoms with E-state index >= 15 is 0 Å². The van der Waals surface area contributed by atoms with Gasteiger partial charge in [0, 0.05) is 19.3 Å². The van der Waals surface area contributed by atoms with Crippen LogP contribution in [0.25, 0.3) is 0 Å². The standard InChI is InChI=1S/C20H27FN2/c1-2-3-4-5-6-9-16-23(20-10-7-8-15-22-20)17-18-11-13-19(21)14-12-18/h7-8,10-15H,2-6,9,16-17H2,1H3. The number of anilines is 1. The smallest absolute Gasteiger partial charge is 0.128 e. The monoisotopic (exact) mass is 314 g/mol. The molecule has 0 unspecified atom stereocenters. The highest BCUT2D eigenvalue weighted by molar-refractivity contribution is 5.39. The van der Waals surface area contributed by atoms with Crippen molar-refractivity contribution in [1.29, 1.82) is 0 Å². The number of unbranched alkanes of at least 4 members (excludes halogenated alkanes) is 5. The van der Waals surface area contributed by atoms with E-state index in [1.165, 1.54) is 50.7 Å². The van der Waals surface area contributed by atoms with Gasteiger partial charge in [0.05, 0.1) is 0 Å². The molecule has 2 rings (SSSR count). The molecule has 1 aromatic carbocycles. The Morgan fingerprint density at radius 3 is 2.35 bits per heavy atom. The average molecular weight is 314 g/mol. The molecule has 0 saturated heterocycles. The molecule has 0 atom stereocenters. The number of pyridine rings is 1. The molecule has 0 radical (unpaired) electrons. The Morgan fingerprint density at radius 1 is 0.913 bits per heavy atom. The highest BCUT2D eigenvalue weighted by Gasteiger charge is 2.08. The minimum absolute atomic E-state index is 0.186. The van der Waals surface area contributed by atoms with Crippen molar-refractivity contribution in [3.63, 3.8) is 0 Å². The van der Waals surface area contributed by atoms with Crippen molar-refractivity contribution >= 4 is 5.82 Å². The van der Waals surface area contributed by atoms with Gasteiger partial charge in [-0.05, 0) is 36.2 Å². The average Bonchev–Trinajstić information content (AvgIpc) is 2.59. The molecule has 2 aromatic rings. The molecule has 1 heterocycles. The normalized spacial score (nSPS) is 10.7. The van der Waals surface area contributed by atoms with Crippen molar-refractivity contribution in [1.82, 2.24) is 4.98 Å². The third-order valence-electron chi connectivity index (χ3n) is 4.04. The lowest BCUT2D eigenvalue weighted by atomic mass is 10.1. The van der Waals surface area contributed by atoms with E-state index in [2.05, 4.69) is 16.8 Å². The summed E-state index contributed by atoms with van der Waals surface area (Å²) in [6.45, 7) is 4.00. The van der Waals surface area contributed by atoms with E-state index in [-0.39, 0.29) is 5.82 Å². The number of nitrogens with zero attached hydrogens (tertiary/aromatic N) is 2. The summed E-state index contributed by atoms with van der Waals surface area (Å²) >= 11 is 0. The molecule has 2 nitrogen and oxygen atoms in total. The summed E-state index contributed by atoms with van der Waals surface area (Å²) < 4.78 is 13.1. The van der Waals surface area contributed by atoms with Gasteiger partial charge >= 0.3 is 0 Å². The van der Waals surface area contributed by atoms with Gasteiger partial charge in [0.2, 0.25) is 0 Å². The molecule has 0 spiro atoms. The first kappa shape index (κ1) is 17.5. The van der Waals surface area contributed by atoms with Gasteiger partial charge in [0.1, 0.15) is 11.6 Å². The molecular formula is C20H27FN2. The molecule has 0 amide bonds. The second kappa shape index (κ2) is 9.98. The maximum Gasteiger partial charge on any atom is 0.128 e. The fraction of sp³-hybridized carbons (Fsp3) is 0.450. The van der Waals surface area contributed by atoms with Gasteiger partial charge in [0.15, 0.2) is 0 Å². The summed E-state index contributed by atoms with van der Waals surface area (Å²) in [5, 5.41) is 0. The first-order chi connectivity index (χ1) is 11.3. The molecule has 0 aliphatic rings.